The van der Waals surface area contributed by atoms with E-state index in [1.807, 2.05) is 0 Å². The average molecular weight is 352 g/mol. The van der Waals surface area contributed by atoms with Gasteiger partial charge >= 0.3 is 12.2 Å². The summed E-state index contributed by atoms with van der Waals surface area (Å²) in [6.45, 7) is 11.4. The van der Waals surface area contributed by atoms with Gasteiger partial charge in [-0.25, -0.2) is 9.59 Å². The number of ether oxygens (including phenoxy) is 2. The molecule has 0 aromatic heterocycles. The summed E-state index contributed by atoms with van der Waals surface area (Å²) in [7, 11) is 0. The first-order valence-corrected chi connectivity index (χ1v) is 7.73. The molecule has 8 heteroatoms. The molecule has 0 fully saturated rings. The molecular formula is C17H24N2O6. The molecule has 0 saturated heterocycles. The summed E-state index contributed by atoms with van der Waals surface area (Å²) in [6.07, 6.45) is -1.93. The van der Waals surface area contributed by atoms with E-state index >= 15 is 0 Å². The number of nitrogens with zero attached hydrogens (tertiary/aromatic N) is 2. The minimum atomic E-state index is -0.967. The lowest BCUT2D eigenvalue weighted by molar-refractivity contribution is -0.385. The molecule has 138 valence electrons. The van der Waals surface area contributed by atoms with Gasteiger partial charge in [0.15, 0.2) is 0 Å². The lowest BCUT2D eigenvalue weighted by Gasteiger charge is -2.29. The maximum absolute atomic E-state index is 12.6. The third kappa shape index (κ3) is 5.74. The fourth-order valence-electron chi connectivity index (χ4n) is 1.94. The Kier molecular flexibility index (Phi) is 5.78. The van der Waals surface area contributed by atoms with Crippen LogP contribution in [0.1, 0.15) is 47.1 Å². The molecule has 8 nitrogen and oxygen atoms in total. The predicted molar refractivity (Wildman–Crippen MR) is 92.8 cm³/mol. The number of hydrogen-bond acceptors (Lipinski definition) is 6. The molecule has 0 spiro atoms. The van der Waals surface area contributed by atoms with Gasteiger partial charge in [-0.3, -0.25) is 10.1 Å². The summed E-state index contributed by atoms with van der Waals surface area (Å²) >= 11 is 0. The van der Waals surface area contributed by atoms with Crippen molar-refractivity contribution in [2.24, 2.45) is 0 Å². The largest absolute Gasteiger partial charge is 0.443 e. The Labute approximate surface area is 146 Å². The van der Waals surface area contributed by atoms with Crippen LogP contribution in [0.3, 0.4) is 0 Å². The summed E-state index contributed by atoms with van der Waals surface area (Å²) in [5.41, 5.74) is -1.73. The van der Waals surface area contributed by atoms with Crippen LogP contribution in [0.2, 0.25) is 0 Å². The van der Waals surface area contributed by atoms with Crippen LogP contribution >= 0.6 is 0 Å². The number of anilines is 1. The highest BCUT2D eigenvalue weighted by Crippen LogP contribution is 2.30. The van der Waals surface area contributed by atoms with Gasteiger partial charge in [0.25, 0.3) is 5.69 Å². The highest BCUT2D eigenvalue weighted by atomic mass is 16.6. The number of imide groups is 1. The fourth-order valence-corrected chi connectivity index (χ4v) is 1.94. The van der Waals surface area contributed by atoms with E-state index in [1.165, 1.54) is 25.1 Å². The molecule has 1 aromatic carbocycles. The standard InChI is InChI=1S/C17H24N2O6/c1-11-12(9-8-10-13(11)19(22)23)18(14(20)24-16(2,3)4)15(21)25-17(5,6)7/h8-10H,1-7H3. The number of carbonyl (C=O) groups is 2. The van der Waals surface area contributed by atoms with Gasteiger partial charge in [-0.1, -0.05) is 6.07 Å². The van der Waals surface area contributed by atoms with Gasteiger partial charge in [0, 0.05) is 6.07 Å². The van der Waals surface area contributed by atoms with Gasteiger partial charge in [0.1, 0.15) is 11.2 Å². The zero-order valence-corrected chi connectivity index (χ0v) is 15.6. The number of benzene rings is 1. The van der Waals surface area contributed by atoms with Crippen molar-refractivity contribution in [2.75, 3.05) is 4.90 Å². The van der Waals surface area contributed by atoms with Crippen LogP contribution < -0.4 is 4.90 Å². The van der Waals surface area contributed by atoms with E-state index in [4.69, 9.17) is 9.47 Å². The van der Waals surface area contributed by atoms with Crippen LogP contribution in [0.4, 0.5) is 21.0 Å². The van der Waals surface area contributed by atoms with E-state index in [1.54, 1.807) is 41.5 Å². The van der Waals surface area contributed by atoms with Crippen molar-refractivity contribution in [3.63, 3.8) is 0 Å². The smallest absolute Gasteiger partial charge is 0.424 e. The monoisotopic (exact) mass is 352 g/mol. The van der Waals surface area contributed by atoms with Gasteiger partial charge in [0.05, 0.1) is 16.2 Å². The number of hydrogen-bond donors (Lipinski definition) is 0. The number of rotatable bonds is 2. The van der Waals surface area contributed by atoms with Crippen LogP contribution in [0.25, 0.3) is 0 Å². The van der Waals surface area contributed by atoms with Crippen molar-refractivity contribution in [1.82, 2.24) is 0 Å². The Morgan fingerprint density at radius 1 is 1.00 bits per heavy atom. The summed E-state index contributed by atoms with van der Waals surface area (Å²) in [6, 6.07) is 4.11. The second-order valence-electron chi connectivity index (χ2n) is 7.47. The average Bonchev–Trinajstić information content (AvgIpc) is 2.36. The number of carbonyl (C=O) groups excluding carboxylic acids is 2. The summed E-state index contributed by atoms with van der Waals surface area (Å²) < 4.78 is 10.5. The van der Waals surface area contributed by atoms with Crippen molar-refractivity contribution in [3.05, 3.63) is 33.9 Å². The van der Waals surface area contributed by atoms with Gasteiger partial charge in [-0.05, 0) is 54.5 Å². The van der Waals surface area contributed by atoms with Gasteiger partial charge in [0.2, 0.25) is 0 Å². The normalized spacial score (nSPS) is 11.6. The van der Waals surface area contributed by atoms with Crippen molar-refractivity contribution in [3.8, 4) is 0 Å². The first-order chi connectivity index (χ1) is 11.2. The lowest BCUT2D eigenvalue weighted by atomic mass is 10.1. The van der Waals surface area contributed by atoms with E-state index in [2.05, 4.69) is 0 Å². The summed E-state index contributed by atoms with van der Waals surface area (Å²) in [4.78, 5) is 36.4. The Hall–Kier alpha value is -2.64. The van der Waals surface area contributed by atoms with E-state index in [0.717, 1.165) is 0 Å². The Balaban J connectivity index is 3.42. The van der Waals surface area contributed by atoms with Crippen molar-refractivity contribution < 1.29 is 24.0 Å². The number of amides is 2. The van der Waals surface area contributed by atoms with Crippen LogP contribution in [0.15, 0.2) is 18.2 Å². The molecule has 0 unspecified atom stereocenters. The van der Waals surface area contributed by atoms with E-state index in [9.17, 15) is 19.7 Å². The predicted octanol–water partition coefficient (Wildman–Crippen LogP) is 4.58. The maximum Gasteiger partial charge on any atom is 0.424 e. The van der Waals surface area contributed by atoms with E-state index in [0.29, 0.717) is 4.90 Å². The zero-order valence-electron chi connectivity index (χ0n) is 15.6. The molecule has 1 aromatic rings. The minimum absolute atomic E-state index is 0.0395. The van der Waals surface area contributed by atoms with Crippen LogP contribution in [0, 0.1) is 17.0 Å². The second kappa shape index (κ2) is 7.08. The molecule has 0 radical (unpaired) electrons. The van der Waals surface area contributed by atoms with E-state index < -0.39 is 28.3 Å². The van der Waals surface area contributed by atoms with Gasteiger partial charge in [-0.15, -0.1) is 0 Å². The zero-order chi connectivity index (χ0) is 19.6. The fraction of sp³-hybridized carbons (Fsp3) is 0.529. The highest BCUT2D eigenvalue weighted by molar-refractivity contribution is 6.10. The molecule has 0 saturated carbocycles. The second-order valence-corrected chi connectivity index (χ2v) is 7.47. The van der Waals surface area contributed by atoms with Crippen LogP contribution in [-0.2, 0) is 9.47 Å². The summed E-state index contributed by atoms with van der Waals surface area (Å²) in [5.74, 6) is 0. The van der Waals surface area contributed by atoms with Gasteiger partial charge < -0.3 is 9.47 Å². The Morgan fingerprint density at radius 2 is 1.44 bits per heavy atom. The molecule has 0 aliphatic carbocycles. The first-order valence-electron chi connectivity index (χ1n) is 7.73. The van der Waals surface area contributed by atoms with Crippen LogP contribution in [0.5, 0.6) is 0 Å². The van der Waals surface area contributed by atoms with Gasteiger partial charge in [-0.2, -0.15) is 4.90 Å². The molecule has 0 atom stereocenters. The molecule has 0 N–H and O–H groups in total. The molecular weight excluding hydrogens is 328 g/mol. The molecule has 25 heavy (non-hydrogen) atoms. The molecule has 0 aliphatic rings. The number of nitro benzene ring substituents is 1. The maximum atomic E-state index is 12.6. The van der Waals surface area contributed by atoms with Crippen molar-refractivity contribution >= 4 is 23.6 Å². The molecule has 2 amide bonds. The van der Waals surface area contributed by atoms with Crippen LogP contribution in [-0.4, -0.2) is 28.3 Å². The molecule has 0 heterocycles. The molecule has 1 rings (SSSR count). The lowest BCUT2D eigenvalue weighted by Crippen LogP contribution is -2.44. The Morgan fingerprint density at radius 3 is 1.80 bits per heavy atom. The first kappa shape index (κ1) is 20.4. The SMILES string of the molecule is Cc1c(N(C(=O)OC(C)(C)C)C(=O)OC(C)(C)C)cccc1[N+](=O)[O-]. The third-order valence-corrected chi connectivity index (χ3v) is 2.87. The molecule has 0 bridgehead atoms. The van der Waals surface area contributed by atoms with E-state index in [-0.39, 0.29) is 16.9 Å². The summed E-state index contributed by atoms with van der Waals surface area (Å²) in [5, 5.41) is 11.1. The highest BCUT2D eigenvalue weighted by Gasteiger charge is 2.34. The van der Waals surface area contributed by atoms with Crippen molar-refractivity contribution in [1.29, 1.82) is 0 Å². The Bertz CT molecular complexity index is 657. The minimum Gasteiger partial charge on any atom is -0.443 e. The molecule has 0 aliphatic heterocycles. The quantitative estimate of drug-likeness (QED) is 0.570. The van der Waals surface area contributed by atoms with Crippen molar-refractivity contribution in [2.45, 2.75) is 59.7 Å². The topological polar surface area (TPSA) is 99.0 Å². The third-order valence-electron chi connectivity index (χ3n) is 2.87. The number of nitro groups is 1.